The maximum absolute atomic E-state index is 12.7. The molecule has 1 saturated heterocycles. The van der Waals surface area contributed by atoms with Crippen molar-refractivity contribution in [1.82, 2.24) is 30.2 Å². The molecule has 1 aliphatic heterocycles. The first-order valence-electron chi connectivity index (χ1n) is 18.6. The Morgan fingerprint density at radius 3 is 2.29 bits per heavy atom. The summed E-state index contributed by atoms with van der Waals surface area (Å²) >= 11 is 1.97. The van der Waals surface area contributed by atoms with Gasteiger partial charge in [-0.05, 0) is 56.3 Å². The molecule has 2 unspecified atom stereocenters. The van der Waals surface area contributed by atoms with Crippen molar-refractivity contribution >= 4 is 64.0 Å². The molecule has 2 amide bonds. The Balaban J connectivity index is 0.926. The molecule has 3 heterocycles. The van der Waals surface area contributed by atoms with Crippen LogP contribution < -0.4 is 16.4 Å². The Bertz CT molecular complexity index is 1930. The van der Waals surface area contributed by atoms with E-state index in [2.05, 4.69) is 34.4 Å². The van der Waals surface area contributed by atoms with Gasteiger partial charge in [-0.15, -0.1) is 0 Å². The number of rotatable bonds is 20. The number of aromatic nitrogens is 4. The lowest BCUT2D eigenvalue weighted by Crippen LogP contribution is -2.49. The van der Waals surface area contributed by atoms with Crippen molar-refractivity contribution in [2.24, 2.45) is 23.2 Å². The van der Waals surface area contributed by atoms with Crippen LogP contribution in [0.4, 0.5) is 5.82 Å². The Kier molecular flexibility index (Phi) is 13.9. The summed E-state index contributed by atoms with van der Waals surface area (Å²) in [5.74, 6) is 2.11. The number of hydrogen-bond acceptors (Lipinski definition) is 17. The number of imidazole rings is 1. The number of aliphatic hydroxyl groups excluding tert-OH is 2. The Labute approximate surface area is 337 Å². The highest BCUT2D eigenvalue weighted by molar-refractivity contribution is 8.00. The number of aliphatic hydroxyl groups is 2. The highest BCUT2D eigenvalue weighted by Crippen LogP contribution is 2.62. The number of anilines is 1. The van der Waals surface area contributed by atoms with Crippen molar-refractivity contribution in [3.8, 4) is 0 Å². The molecule has 5 aliphatic rings. The van der Waals surface area contributed by atoms with Crippen molar-refractivity contribution in [2.45, 2.75) is 94.2 Å². The molecule has 0 aromatic carbocycles. The van der Waals surface area contributed by atoms with Crippen molar-refractivity contribution < 1.29 is 75.7 Å². The number of fused-ring (bicyclic) bond motifs is 1. The Morgan fingerprint density at radius 2 is 1.66 bits per heavy atom. The SMILES string of the molecule is CC(C)(COP(=O)(O)OP(=O)(O)OC[C@H]1O[C@@H](n2cnc3c(N)ncnc32)[C@H](O)[C@@H]1OP(=O)(O)O)[C@@H](O)C(=O)NCCC(=O)NCCSC12CC3CC(CC(C3)C1)C2. The average molecular weight is 902 g/mol. The number of carbonyl (C=O) groups is 2. The fourth-order valence-corrected chi connectivity index (χ4v) is 13.1. The zero-order valence-corrected chi connectivity index (χ0v) is 35.1. The molecule has 5 fully saturated rings. The second-order valence-corrected chi connectivity index (χ2v) is 21.8. The summed E-state index contributed by atoms with van der Waals surface area (Å²) in [6.45, 7) is 1.04. The molecule has 4 aliphatic carbocycles. The van der Waals surface area contributed by atoms with Crippen LogP contribution in [0.5, 0.6) is 0 Å². The van der Waals surface area contributed by atoms with E-state index in [0.29, 0.717) is 11.3 Å². The number of nitrogens with two attached hydrogens (primary N) is 1. The summed E-state index contributed by atoms with van der Waals surface area (Å²) in [6, 6.07) is 0. The quantitative estimate of drug-likeness (QED) is 0.0664. The zero-order chi connectivity index (χ0) is 42.3. The lowest BCUT2D eigenvalue weighted by Gasteiger charge is -2.56. The number of ether oxygens (including phenoxy) is 1. The third kappa shape index (κ3) is 11.2. The minimum absolute atomic E-state index is 0.0309. The third-order valence-corrected chi connectivity index (χ3v) is 15.5. The van der Waals surface area contributed by atoms with Crippen LogP contribution in [-0.2, 0) is 45.9 Å². The first-order chi connectivity index (χ1) is 27.0. The predicted octanol–water partition coefficient (Wildman–Crippen LogP) is 1.11. The van der Waals surface area contributed by atoms with E-state index in [0.717, 1.165) is 40.7 Å². The van der Waals surface area contributed by atoms with Gasteiger partial charge >= 0.3 is 23.5 Å². The van der Waals surface area contributed by atoms with Gasteiger partial charge in [-0.1, -0.05) is 13.8 Å². The fraction of sp³-hybridized carbons (Fsp3) is 0.774. The molecular weight excluding hydrogens is 851 g/mol. The van der Waals surface area contributed by atoms with Crippen LogP contribution >= 0.6 is 35.2 Å². The number of hydrogen-bond donors (Lipinski definition) is 9. The largest absolute Gasteiger partial charge is 0.481 e. The monoisotopic (exact) mass is 901 g/mol. The Hall–Kier alpha value is -2.11. The van der Waals surface area contributed by atoms with Crippen molar-refractivity contribution in [3.05, 3.63) is 12.7 Å². The van der Waals surface area contributed by atoms with E-state index in [9.17, 15) is 53.1 Å². The Morgan fingerprint density at radius 1 is 1.02 bits per heavy atom. The van der Waals surface area contributed by atoms with E-state index in [1.807, 2.05) is 11.8 Å². The smallest absolute Gasteiger partial charge is 0.386 e. The molecule has 0 spiro atoms. The van der Waals surface area contributed by atoms with Crippen molar-refractivity contribution in [1.29, 1.82) is 0 Å². The number of nitrogen functional groups attached to an aromatic ring is 1. The molecule has 2 aromatic rings. The van der Waals surface area contributed by atoms with E-state index < -0.39 is 78.6 Å². The minimum Gasteiger partial charge on any atom is -0.386 e. The number of phosphoric acid groups is 3. The van der Waals surface area contributed by atoms with Gasteiger partial charge in [-0.25, -0.2) is 28.6 Å². The standard InChI is InChI=1S/C31H50N7O16P3S/c1-30(2,25(41)28(42)34-4-3-21(39)33-5-6-58-31-10-17-7-18(11-31)9-19(8-17)12-31)14-51-57(48,49)54-56(46,47)50-13-20-24(53-55(43,44)45)23(40)29(52-20)38-16-37-22-26(32)35-15-36-27(22)38/h15-20,23-25,29,40-41H,3-14H2,1-2H3,(H,33,39)(H,34,42)(H,46,47)(H,48,49)(H2,32,35,36)(H2,43,44,45)/t17?,18?,19?,20-,23-,24-,25+,29-,31?/m1/s1. The summed E-state index contributed by atoms with van der Waals surface area (Å²) < 4.78 is 62.8. The molecule has 7 atom stereocenters. The molecule has 4 saturated carbocycles. The maximum atomic E-state index is 12.7. The van der Waals surface area contributed by atoms with Crippen molar-refractivity contribution in [2.75, 3.05) is 37.8 Å². The zero-order valence-electron chi connectivity index (χ0n) is 31.6. The van der Waals surface area contributed by atoms with E-state index in [4.69, 9.17) is 19.5 Å². The molecule has 2 aromatic heterocycles. The van der Waals surface area contributed by atoms with Gasteiger partial charge in [-0.2, -0.15) is 16.1 Å². The number of nitrogens with zero attached hydrogens (tertiary/aromatic N) is 4. The van der Waals surface area contributed by atoms with Crippen LogP contribution in [0.25, 0.3) is 11.2 Å². The van der Waals surface area contributed by atoms with Crippen LogP contribution in [0.15, 0.2) is 12.7 Å². The average Bonchev–Trinajstić information content (AvgIpc) is 3.67. The fourth-order valence-electron chi connectivity index (χ4n) is 8.61. The van der Waals surface area contributed by atoms with Gasteiger partial charge in [0.05, 0.1) is 19.5 Å². The lowest BCUT2D eigenvalue weighted by atomic mass is 9.56. The summed E-state index contributed by atoms with van der Waals surface area (Å²) in [5, 5.41) is 26.9. The number of phosphoric ester groups is 3. The molecule has 58 heavy (non-hydrogen) atoms. The third-order valence-electron chi connectivity index (χ3n) is 10.9. The molecule has 27 heteroatoms. The molecule has 0 radical (unpaired) electrons. The molecule has 10 N–H and O–H groups in total. The second-order valence-electron chi connectivity index (χ2n) is 16.0. The number of amides is 2. The van der Waals surface area contributed by atoms with Crippen molar-refractivity contribution in [3.63, 3.8) is 0 Å². The number of nitrogens with one attached hydrogen (secondary N) is 2. The van der Waals surface area contributed by atoms with E-state index >= 15 is 0 Å². The number of thioether (sulfide) groups is 1. The highest BCUT2D eigenvalue weighted by Gasteiger charge is 2.52. The lowest BCUT2D eigenvalue weighted by molar-refractivity contribution is -0.137. The van der Waals surface area contributed by atoms with Crippen LogP contribution in [-0.4, -0.2) is 122 Å². The van der Waals surface area contributed by atoms with E-state index in [1.54, 1.807) is 0 Å². The maximum Gasteiger partial charge on any atom is 0.481 e. The molecule has 326 valence electrons. The van der Waals surface area contributed by atoms with Crippen LogP contribution in [0, 0.1) is 23.2 Å². The van der Waals surface area contributed by atoms with Gasteiger partial charge in [0.2, 0.25) is 11.8 Å². The normalized spacial score (nSPS) is 30.9. The highest BCUT2D eigenvalue weighted by atomic mass is 32.2. The molecular formula is C31H50N7O16P3S. The minimum atomic E-state index is -5.55. The first kappa shape index (κ1) is 45.4. The molecule has 4 bridgehead atoms. The van der Waals surface area contributed by atoms with Gasteiger partial charge in [0, 0.05) is 35.4 Å². The summed E-state index contributed by atoms with van der Waals surface area (Å²) in [5.41, 5.74) is 4.35. The van der Waals surface area contributed by atoms with E-state index in [-0.39, 0.29) is 35.9 Å². The summed E-state index contributed by atoms with van der Waals surface area (Å²) in [4.78, 5) is 76.3. The first-order valence-corrected chi connectivity index (χ1v) is 24.1. The van der Waals surface area contributed by atoms with Crippen LogP contribution in [0.3, 0.4) is 0 Å². The van der Waals surface area contributed by atoms with Crippen LogP contribution in [0.2, 0.25) is 0 Å². The molecule has 23 nitrogen and oxygen atoms in total. The van der Waals surface area contributed by atoms with Gasteiger partial charge in [-0.3, -0.25) is 27.7 Å². The van der Waals surface area contributed by atoms with Gasteiger partial charge < -0.3 is 50.9 Å². The van der Waals surface area contributed by atoms with Gasteiger partial charge in [0.1, 0.15) is 36.3 Å². The van der Waals surface area contributed by atoms with Gasteiger partial charge in [0.25, 0.3) is 0 Å². The van der Waals surface area contributed by atoms with Crippen LogP contribution in [0.1, 0.15) is 65.0 Å². The topological polar surface area (TPSA) is 347 Å². The molecule has 7 rings (SSSR count). The van der Waals surface area contributed by atoms with E-state index in [1.165, 1.54) is 52.4 Å². The summed E-state index contributed by atoms with van der Waals surface area (Å²) in [7, 11) is -16.3. The second kappa shape index (κ2) is 17.7. The van der Waals surface area contributed by atoms with Gasteiger partial charge in [0.15, 0.2) is 17.7 Å². The number of carbonyl (C=O) groups excluding carboxylic acids is 2. The predicted molar refractivity (Wildman–Crippen MR) is 203 cm³/mol. The summed E-state index contributed by atoms with van der Waals surface area (Å²) in [6.07, 6.45) is 1.22.